The van der Waals surface area contributed by atoms with E-state index >= 15 is 0 Å². The lowest BCUT2D eigenvalue weighted by molar-refractivity contribution is 0.0705. The summed E-state index contributed by atoms with van der Waals surface area (Å²) in [5, 5.41) is 8.04. The number of likely N-dealkylation sites (tertiary alicyclic amines) is 1. The van der Waals surface area contributed by atoms with Crippen LogP contribution in [0.3, 0.4) is 0 Å². The first-order valence-electron chi connectivity index (χ1n) is 8.63. The van der Waals surface area contributed by atoms with Gasteiger partial charge in [0.15, 0.2) is 11.5 Å². The van der Waals surface area contributed by atoms with Crippen LogP contribution in [0.15, 0.2) is 51.9 Å². The molecule has 3 aromatic rings. The lowest BCUT2D eigenvalue weighted by Crippen LogP contribution is -2.35. The van der Waals surface area contributed by atoms with E-state index in [9.17, 15) is 14.0 Å². The highest BCUT2D eigenvalue weighted by Gasteiger charge is 2.34. The van der Waals surface area contributed by atoms with Crippen LogP contribution in [0.1, 0.15) is 40.8 Å². The molecule has 138 valence electrons. The molecule has 1 fully saturated rings. The van der Waals surface area contributed by atoms with Crippen LogP contribution in [-0.4, -0.2) is 32.3 Å². The maximum Gasteiger partial charge on any atom is 0.279 e. The number of aryl methyl sites for hydroxylation is 1. The van der Waals surface area contributed by atoms with Gasteiger partial charge in [-0.2, -0.15) is 5.10 Å². The number of benzene rings is 1. The number of carbonyl (C=O) groups excluding carboxylic acids is 1. The van der Waals surface area contributed by atoms with E-state index < -0.39 is 17.2 Å². The molecule has 0 unspecified atom stereocenters. The highest BCUT2D eigenvalue weighted by Crippen LogP contribution is 2.32. The number of hydrogen-bond acceptors (Lipinski definition) is 5. The predicted molar refractivity (Wildman–Crippen MR) is 94.0 cm³/mol. The van der Waals surface area contributed by atoms with Gasteiger partial charge in [-0.25, -0.2) is 9.07 Å². The zero-order valence-electron chi connectivity index (χ0n) is 14.6. The molecule has 0 bridgehead atoms. The molecule has 1 atom stereocenters. The van der Waals surface area contributed by atoms with E-state index in [-0.39, 0.29) is 11.7 Å². The molecule has 1 aliphatic heterocycles. The largest absolute Gasteiger partial charge is 0.359 e. The maximum atomic E-state index is 13.5. The Morgan fingerprint density at radius 1 is 1.30 bits per heavy atom. The lowest BCUT2D eigenvalue weighted by Gasteiger charge is -2.22. The first kappa shape index (κ1) is 17.1. The van der Waals surface area contributed by atoms with Gasteiger partial charge in [0.05, 0.1) is 17.4 Å². The minimum atomic E-state index is -0.480. The van der Waals surface area contributed by atoms with Crippen LogP contribution >= 0.6 is 0 Å². The zero-order chi connectivity index (χ0) is 19.0. The Labute approximate surface area is 154 Å². The molecule has 4 rings (SSSR count). The van der Waals surface area contributed by atoms with Gasteiger partial charge in [0.2, 0.25) is 5.43 Å². The minimum Gasteiger partial charge on any atom is -0.359 e. The normalized spacial score (nSPS) is 16.7. The summed E-state index contributed by atoms with van der Waals surface area (Å²) in [5.41, 5.74) is 0.473. The van der Waals surface area contributed by atoms with E-state index in [0.717, 1.165) is 18.5 Å². The predicted octanol–water partition coefficient (Wildman–Crippen LogP) is 2.65. The fourth-order valence-electron chi connectivity index (χ4n) is 3.30. The second-order valence-corrected chi connectivity index (χ2v) is 6.48. The van der Waals surface area contributed by atoms with E-state index in [4.69, 9.17) is 4.52 Å². The van der Waals surface area contributed by atoms with Crippen molar-refractivity contribution in [3.05, 3.63) is 75.8 Å². The minimum absolute atomic E-state index is 0.204. The summed E-state index contributed by atoms with van der Waals surface area (Å²) in [6.45, 7) is 2.31. The van der Waals surface area contributed by atoms with Crippen molar-refractivity contribution in [1.29, 1.82) is 0 Å². The van der Waals surface area contributed by atoms with Crippen LogP contribution in [0.2, 0.25) is 0 Å². The van der Waals surface area contributed by atoms with Crippen molar-refractivity contribution < 1.29 is 13.7 Å². The summed E-state index contributed by atoms with van der Waals surface area (Å²) >= 11 is 0. The molecule has 1 aromatic carbocycles. The Balaban J connectivity index is 1.69. The Kier molecular flexibility index (Phi) is 4.31. The summed E-state index contributed by atoms with van der Waals surface area (Å²) in [6, 6.07) is 8.55. The maximum absolute atomic E-state index is 13.5. The van der Waals surface area contributed by atoms with Crippen molar-refractivity contribution >= 4 is 5.91 Å². The van der Waals surface area contributed by atoms with Crippen molar-refractivity contribution in [1.82, 2.24) is 19.8 Å². The molecule has 0 aliphatic carbocycles. The highest BCUT2D eigenvalue weighted by molar-refractivity contribution is 5.92. The van der Waals surface area contributed by atoms with Gasteiger partial charge in [-0.15, -0.1) is 0 Å². The molecule has 1 saturated heterocycles. The van der Waals surface area contributed by atoms with Crippen LogP contribution < -0.4 is 5.43 Å². The third-order valence-corrected chi connectivity index (χ3v) is 4.57. The van der Waals surface area contributed by atoms with Gasteiger partial charge in [-0.1, -0.05) is 11.2 Å². The Morgan fingerprint density at radius 3 is 2.89 bits per heavy atom. The summed E-state index contributed by atoms with van der Waals surface area (Å²) in [5.74, 6) is -0.303. The fraction of sp³-hybridized carbons (Fsp3) is 0.263. The summed E-state index contributed by atoms with van der Waals surface area (Å²) in [7, 11) is 0. The number of nitrogens with zero attached hydrogens (tertiary/aromatic N) is 4. The molecule has 8 heteroatoms. The molecule has 1 amide bonds. The van der Waals surface area contributed by atoms with Crippen LogP contribution in [0.25, 0.3) is 5.69 Å². The van der Waals surface area contributed by atoms with Crippen molar-refractivity contribution in [2.45, 2.75) is 25.8 Å². The fourth-order valence-corrected chi connectivity index (χ4v) is 3.30. The second kappa shape index (κ2) is 6.79. The molecule has 7 nitrogen and oxygen atoms in total. The topological polar surface area (TPSA) is 81.2 Å². The standard InChI is InChI=1S/C19H17FN4O3/c1-12-10-17(27-22-12)15-6-3-8-23(15)19(26)18-16(25)7-9-24(21-18)14-5-2-4-13(20)11-14/h2,4-5,7,9-11,15H,3,6,8H2,1H3/t15-/m1/s1. The van der Waals surface area contributed by atoms with Crippen LogP contribution in [0.5, 0.6) is 0 Å². The molecule has 27 heavy (non-hydrogen) atoms. The summed E-state index contributed by atoms with van der Waals surface area (Å²) < 4.78 is 20.1. The highest BCUT2D eigenvalue weighted by atomic mass is 19.1. The Hall–Kier alpha value is -3.29. The molecule has 0 spiro atoms. The summed E-state index contributed by atoms with van der Waals surface area (Å²) in [6.07, 6.45) is 2.93. The SMILES string of the molecule is Cc1cc([C@H]2CCCN2C(=O)c2nn(-c3cccc(F)c3)ccc2=O)on1. The van der Waals surface area contributed by atoms with E-state index in [1.807, 2.05) is 6.92 Å². The van der Waals surface area contributed by atoms with Crippen molar-refractivity contribution in [2.24, 2.45) is 0 Å². The van der Waals surface area contributed by atoms with E-state index in [1.165, 1.54) is 35.1 Å². The van der Waals surface area contributed by atoms with Gasteiger partial charge in [0.25, 0.3) is 5.91 Å². The average Bonchev–Trinajstić information content (AvgIpc) is 3.30. The first-order chi connectivity index (χ1) is 13.0. The number of hydrogen-bond donors (Lipinski definition) is 0. The zero-order valence-corrected chi connectivity index (χ0v) is 14.6. The van der Waals surface area contributed by atoms with E-state index in [1.54, 1.807) is 17.0 Å². The molecule has 0 N–H and O–H groups in total. The number of carbonyl (C=O) groups is 1. The van der Waals surface area contributed by atoms with Gasteiger partial charge < -0.3 is 9.42 Å². The summed E-state index contributed by atoms with van der Waals surface area (Å²) in [4.78, 5) is 26.9. The Bertz CT molecular complexity index is 1060. The molecule has 1 aliphatic rings. The smallest absolute Gasteiger partial charge is 0.279 e. The lowest BCUT2D eigenvalue weighted by atomic mass is 10.1. The quantitative estimate of drug-likeness (QED) is 0.710. The number of amides is 1. The third-order valence-electron chi connectivity index (χ3n) is 4.57. The molecule has 0 radical (unpaired) electrons. The average molecular weight is 368 g/mol. The van der Waals surface area contributed by atoms with Gasteiger partial charge in [0, 0.05) is 24.9 Å². The third kappa shape index (κ3) is 3.25. The first-order valence-corrected chi connectivity index (χ1v) is 8.63. The van der Waals surface area contributed by atoms with Crippen molar-refractivity contribution in [2.75, 3.05) is 6.54 Å². The second-order valence-electron chi connectivity index (χ2n) is 6.48. The van der Waals surface area contributed by atoms with Gasteiger partial charge in [-0.3, -0.25) is 9.59 Å². The van der Waals surface area contributed by atoms with Gasteiger partial charge in [-0.05, 0) is 38.0 Å². The number of aromatic nitrogens is 3. The molecular weight excluding hydrogens is 351 g/mol. The van der Waals surface area contributed by atoms with Crippen LogP contribution in [-0.2, 0) is 0 Å². The number of halogens is 1. The molecule has 3 heterocycles. The van der Waals surface area contributed by atoms with Crippen LogP contribution in [0, 0.1) is 12.7 Å². The van der Waals surface area contributed by atoms with Gasteiger partial charge >= 0.3 is 0 Å². The van der Waals surface area contributed by atoms with Crippen LogP contribution in [0.4, 0.5) is 4.39 Å². The van der Waals surface area contributed by atoms with E-state index in [0.29, 0.717) is 18.0 Å². The van der Waals surface area contributed by atoms with Crippen molar-refractivity contribution in [3.63, 3.8) is 0 Å². The van der Waals surface area contributed by atoms with E-state index in [2.05, 4.69) is 10.3 Å². The molecule has 2 aromatic heterocycles. The Morgan fingerprint density at radius 2 is 2.15 bits per heavy atom. The molecule has 0 saturated carbocycles. The monoisotopic (exact) mass is 368 g/mol. The van der Waals surface area contributed by atoms with Gasteiger partial charge in [0.1, 0.15) is 5.82 Å². The number of rotatable bonds is 3. The molecular formula is C19H17FN4O3. The van der Waals surface area contributed by atoms with Crippen molar-refractivity contribution in [3.8, 4) is 5.69 Å².